The largest absolute Gasteiger partial charge is 0.450 e. The van der Waals surface area contributed by atoms with Crippen LogP contribution in [0.15, 0.2) is 0 Å². The first-order valence-electron chi connectivity index (χ1n) is 7.51. The fraction of sp³-hybridized carbons (Fsp3) is 0.857. The van der Waals surface area contributed by atoms with Gasteiger partial charge in [-0.15, -0.1) is 0 Å². The molecule has 1 atom stereocenters. The molecule has 1 heterocycles. The number of amides is 2. The third kappa shape index (κ3) is 7.99. The van der Waals surface area contributed by atoms with Gasteiger partial charge in [-0.05, 0) is 39.0 Å². The Hall–Kier alpha value is -1.30. The summed E-state index contributed by atoms with van der Waals surface area (Å²) in [6, 6.07) is 0. The Morgan fingerprint density at radius 2 is 2.10 bits per heavy atom. The lowest BCUT2D eigenvalue weighted by Gasteiger charge is -2.22. The smallest absolute Gasteiger partial charge is 0.407 e. The van der Waals surface area contributed by atoms with Crippen LogP contribution in [-0.2, 0) is 14.3 Å². The predicted molar refractivity (Wildman–Crippen MR) is 75.5 cm³/mol. The normalized spacial score (nSPS) is 18.4. The summed E-state index contributed by atoms with van der Waals surface area (Å²) >= 11 is 0. The van der Waals surface area contributed by atoms with E-state index in [2.05, 4.69) is 10.6 Å². The van der Waals surface area contributed by atoms with Gasteiger partial charge in [-0.25, -0.2) is 4.79 Å². The highest BCUT2D eigenvalue weighted by Crippen LogP contribution is 2.16. The molecule has 1 fully saturated rings. The fourth-order valence-electron chi connectivity index (χ4n) is 2.14. The van der Waals surface area contributed by atoms with Crippen molar-refractivity contribution in [2.24, 2.45) is 0 Å². The minimum absolute atomic E-state index is 0.0497. The van der Waals surface area contributed by atoms with Crippen LogP contribution in [0.2, 0.25) is 0 Å². The van der Waals surface area contributed by atoms with Crippen LogP contribution in [0.25, 0.3) is 0 Å². The summed E-state index contributed by atoms with van der Waals surface area (Å²) in [5.41, 5.74) is 0. The number of ether oxygens (including phenoxy) is 2. The number of rotatable bonds is 8. The molecule has 1 saturated heterocycles. The van der Waals surface area contributed by atoms with E-state index in [4.69, 9.17) is 9.47 Å². The molecule has 6 nitrogen and oxygen atoms in total. The molecule has 0 saturated carbocycles. The zero-order valence-corrected chi connectivity index (χ0v) is 12.3. The molecule has 0 radical (unpaired) electrons. The number of carbonyl (C=O) groups is 2. The van der Waals surface area contributed by atoms with Crippen molar-refractivity contribution < 1.29 is 19.1 Å². The maximum absolute atomic E-state index is 11.5. The van der Waals surface area contributed by atoms with E-state index >= 15 is 0 Å². The highest BCUT2D eigenvalue weighted by atomic mass is 16.5. The van der Waals surface area contributed by atoms with Crippen LogP contribution in [-0.4, -0.2) is 44.4 Å². The topological polar surface area (TPSA) is 76.7 Å². The number of carbonyl (C=O) groups excluding carboxylic acids is 2. The molecule has 0 unspecified atom stereocenters. The van der Waals surface area contributed by atoms with Gasteiger partial charge in [0, 0.05) is 26.1 Å². The van der Waals surface area contributed by atoms with Gasteiger partial charge in [0.15, 0.2) is 0 Å². The molecule has 1 aliphatic rings. The molecule has 116 valence electrons. The van der Waals surface area contributed by atoms with Crippen LogP contribution in [0.3, 0.4) is 0 Å². The van der Waals surface area contributed by atoms with Gasteiger partial charge in [-0.3, -0.25) is 4.79 Å². The molecule has 0 aliphatic carbocycles. The van der Waals surface area contributed by atoms with Gasteiger partial charge in [-0.1, -0.05) is 0 Å². The average Bonchev–Trinajstić information content (AvgIpc) is 2.45. The summed E-state index contributed by atoms with van der Waals surface area (Å²) in [5, 5.41) is 5.36. The molecule has 0 aromatic rings. The molecular formula is C14H26N2O4. The van der Waals surface area contributed by atoms with Crippen LogP contribution >= 0.6 is 0 Å². The Labute approximate surface area is 120 Å². The average molecular weight is 286 g/mol. The SMILES string of the molecule is CCOC(=O)NCCC(=O)NCCC[C@@H]1CCCCO1. The lowest BCUT2D eigenvalue weighted by atomic mass is 10.0. The van der Waals surface area contributed by atoms with Crippen molar-refractivity contribution in [1.82, 2.24) is 10.6 Å². The minimum Gasteiger partial charge on any atom is -0.450 e. The third-order valence-corrected chi connectivity index (χ3v) is 3.20. The van der Waals surface area contributed by atoms with Crippen molar-refractivity contribution >= 4 is 12.0 Å². The van der Waals surface area contributed by atoms with E-state index in [-0.39, 0.29) is 12.3 Å². The lowest BCUT2D eigenvalue weighted by molar-refractivity contribution is -0.121. The van der Waals surface area contributed by atoms with E-state index in [1.165, 1.54) is 12.8 Å². The van der Waals surface area contributed by atoms with Gasteiger partial charge in [0.25, 0.3) is 0 Å². The van der Waals surface area contributed by atoms with E-state index in [1.54, 1.807) is 6.92 Å². The summed E-state index contributed by atoms with van der Waals surface area (Å²) in [4.78, 5) is 22.5. The van der Waals surface area contributed by atoms with Crippen LogP contribution in [0, 0.1) is 0 Å². The first-order chi connectivity index (χ1) is 9.72. The Morgan fingerprint density at radius 1 is 1.25 bits per heavy atom. The predicted octanol–water partition coefficient (Wildman–Crippen LogP) is 1.59. The van der Waals surface area contributed by atoms with Gasteiger partial charge in [0.2, 0.25) is 5.91 Å². The van der Waals surface area contributed by atoms with Gasteiger partial charge in [0.05, 0.1) is 12.7 Å². The molecule has 2 N–H and O–H groups in total. The second-order valence-corrected chi connectivity index (χ2v) is 4.88. The lowest BCUT2D eigenvalue weighted by Crippen LogP contribution is -2.31. The Morgan fingerprint density at radius 3 is 2.80 bits per heavy atom. The van der Waals surface area contributed by atoms with Gasteiger partial charge >= 0.3 is 6.09 Å². The standard InChI is InChI=1S/C14H26N2O4/c1-2-19-14(18)16-10-8-13(17)15-9-5-7-12-6-3-4-11-20-12/h12H,2-11H2,1H3,(H,15,17)(H,16,18)/t12-/m0/s1. The number of nitrogens with one attached hydrogen (secondary N) is 2. The Kier molecular flexibility index (Phi) is 8.78. The van der Waals surface area contributed by atoms with Crippen molar-refractivity contribution in [3.8, 4) is 0 Å². The van der Waals surface area contributed by atoms with Crippen molar-refractivity contribution in [3.05, 3.63) is 0 Å². The van der Waals surface area contributed by atoms with Crippen molar-refractivity contribution in [1.29, 1.82) is 0 Å². The van der Waals surface area contributed by atoms with Crippen LogP contribution in [0.5, 0.6) is 0 Å². The maximum Gasteiger partial charge on any atom is 0.407 e. The molecule has 6 heteroatoms. The molecule has 0 spiro atoms. The van der Waals surface area contributed by atoms with Crippen LogP contribution in [0.4, 0.5) is 4.79 Å². The van der Waals surface area contributed by atoms with Crippen molar-refractivity contribution in [2.75, 3.05) is 26.3 Å². The molecule has 1 aliphatic heterocycles. The van der Waals surface area contributed by atoms with E-state index in [0.29, 0.717) is 25.8 Å². The summed E-state index contributed by atoms with van der Waals surface area (Å²) in [7, 11) is 0. The monoisotopic (exact) mass is 286 g/mol. The molecule has 0 aromatic heterocycles. The third-order valence-electron chi connectivity index (χ3n) is 3.20. The Balaban J connectivity index is 1.93. The quantitative estimate of drug-likeness (QED) is 0.664. The van der Waals surface area contributed by atoms with Crippen molar-refractivity contribution in [3.63, 3.8) is 0 Å². The van der Waals surface area contributed by atoms with E-state index in [0.717, 1.165) is 25.9 Å². The van der Waals surface area contributed by atoms with Crippen molar-refractivity contribution in [2.45, 2.75) is 51.6 Å². The zero-order valence-electron chi connectivity index (χ0n) is 12.3. The minimum atomic E-state index is -0.477. The number of hydrogen-bond acceptors (Lipinski definition) is 4. The van der Waals surface area contributed by atoms with E-state index < -0.39 is 6.09 Å². The second kappa shape index (κ2) is 10.5. The van der Waals surface area contributed by atoms with E-state index in [9.17, 15) is 9.59 Å². The number of hydrogen-bond donors (Lipinski definition) is 2. The van der Waals surface area contributed by atoms with E-state index in [1.807, 2.05) is 0 Å². The first kappa shape index (κ1) is 16.8. The van der Waals surface area contributed by atoms with Crippen LogP contribution in [0.1, 0.15) is 45.4 Å². The zero-order chi connectivity index (χ0) is 14.6. The molecule has 20 heavy (non-hydrogen) atoms. The maximum atomic E-state index is 11.5. The van der Waals surface area contributed by atoms with Gasteiger partial charge in [-0.2, -0.15) is 0 Å². The first-order valence-corrected chi connectivity index (χ1v) is 7.51. The summed E-state index contributed by atoms with van der Waals surface area (Å²) in [6.45, 7) is 3.91. The van der Waals surface area contributed by atoms with Gasteiger partial charge in [0.1, 0.15) is 0 Å². The highest BCUT2D eigenvalue weighted by Gasteiger charge is 2.13. The fourth-order valence-corrected chi connectivity index (χ4v) is 2.14. The Bertz CT molecular complexity index is 291. The molecule has 0 bridgehead atoms. The highest BCUT2D eigenvalue weighted by molar-refractivity contribution is 5.76. The second-order valence-electron chi connectivity index (χ2n) is 4.88. The summed E-state index contributed by atoms with van der Waals surface area (Å²) in [6.07, 6.45) is 5.65. The molecular weight excluding hydrogens is 260 g/mol. The molecule has 0 aromatic carbocycles. The molecule has 2 amide bonds. The summed E-state index contributed by atoms with van der Waals surface area (Å²) < 4.78 is 10.3. The van der Waals surface area contributed by atoms with Gasteiger partial charge < -0.3 is 20.1 Å². The summed E-state index contributed by atoms with van der Waals surface area (Å²) in [5.74, 6) is -0.0497. The molecule has 1 rings (SSSR count). The number of alkyl carbamates (subject to hydrolysis) is 1. The van der Waals surface area contributed by atoms with Crippen LogP contribution < -0.4 is 10.6 Å².